The van der Waals surface area contributed by atoms with E-state index in [4.69, 9.17) is 4.74 Å². The molecule has 16 heavy (non-hydrogen) atoms. The van der Waals surface area contributed by atoms with Crippen LogP contribution in [0.25, 0.3) is 0 Å². The van der Waals surface area contributed by atoms with Crippen molar-refractivity contribution in [2.45, 2.75) is 33.2 Å². The summed E-state index contributed by atoms with van der Waals surface area (Å²) in [6, 6.07) is 0.467. The molecule has 0 radical (unpaired) electrons. The van der Waals surface area contributed by atoms with E-state index in [1.807, 2.05) is 11.8 Å². The second-order valence-electron chi connectivity index (χ2n) is 4.37. The van der Waals surface area contributed by atoms with E-state index in [2.05, 4.69) is 18.7 Å². The summed E-state index contributed by atoms with van der Waals surface area (Å²) >= 11 is 0. The van der Waals surface area contributed by atoms with Gasteiger partial charge in [0, 0.05) is 32.3 Å². The number of carbonyl (C=O) groups excluding carboxylic acids is 1. The van der Waals surface area contributed by atoms with Crippen LogP contribution in [-0.2, 0) is 9.53 Å². The normalized spacial score (nSPS) is 22.4. The van der Waals surface area contributed by atoms with Crippen molar-refractivity contribution in [2.75, 3.05) is 39.4 Å². The minimum absolute atomic E-state index is 0.135. The van der Waals surface area contributed by atoms with E-state index in [1.165, 1.54) is 0 Å². The summed E-state index contributed by atoms with van der Waals surface area (Å²) in [5.74, 6) is 0.135. The Morgan fingerprint density at radius 1 is 1.38 bits per heavy atom. The van der Waals surface area contributed by atoms with E-state index in [-0.39, 0.29) is 12.5 Å². The fraction of sp³-hybridized carbons (Fsp3) is 0.917. The van der Waals surface area contributed by atoms with E-state index in [0.29, 0.717) is 12.6 Å². The highest BCUT2D eigenvalue weighted by atomic mass is 16.5. The van der Waals surface area contributed by atoms with E-state index in [1.54, 1.807) is 0 Å². The highest BCUT2D eigenvalue weighted by Gasteiger charge is 2.25. The van der Waals surface area contributed by atoms with Crippen LogP contribution in [0.3, 0.4) is 0 Å². The van der Waals surface area contributed by atoms with Gasteiger partial charge in [-0.1, -0.05) is 13.8 Å². The highest BCUT2D eigenvalue weighted by Crippen LogP contribution is 2.09. The number of ether oxygens (including phenoxy) is 1. The van der Waals surface area contributed by atoms with Gasteiger partial charge in [0.15, 0.2) is 0 Å². The summed E-state index contributed by atoms with van der Waals surface area (Å²) < 4.78 is 5.28. The zero-order valence-electron chi connectivity index (χ0n) is 10.7. The van der Waals surface area contributed by atoms with E-state index < -0.39 is 0 Å². The smallest absolute Gasteiger partial charge is 0.248 e. The molecule has 1 amide bonds. The molecule has 1 heterocycles. The first-order valence-corrected chi connectivity index (χ1v) is 6.28. The average molecular weight is 228 g/mol. The van der Waals surface area contributed by atoms with E-state index in [0.717, 1.165) is 32.6 Å². The molecule has 4 heteroatoms. The van der Waals surface area contributed by atoms with Crippen molar-refractivity contribution < 1.29 is 9.53 Å². The fourth-order valence-corrected chi connectivity index (χ4v) is 2.09. The van der Waals surface area contributed by atoms with Crippen LogP contribution in [-0.4, -0.2) is 61.1 Å². The second kappa shape index (κ2) is 6.86. The topological polar surface area (TPSA) is 32.8 Å². The molecule has 0 saturated carbocycles. The molecule has 1 saturated heterocycles. The second-order valence-corrected chi connectivity index (χ2v) is 4.37. The van der Waals surface area contributed by atoms with Crippen LogP contribution in [0.2, 0.25) is 0 Å². The Hall–Kier alpha value is -0.610. The van der Waals surface area contributed by atoms with Crippen molar-refractivity contribution in [3.05, 3.63) is 0 Å². The Bertz CT molecular complexity index is 221. The molecule has 1 aliphatic rings. The quantitative estimate of drug-likeness (QED) is 0.657. The highest BCUT2D eigenvalue weighted by molar-refractivity contribution is 5.77. The lowest BCUT2D eigenvalue weighted by Gasteiger charge is -2.39. The predicted octanol–water partition coefficient (Wildman–Crippen LogP) is 0.966. The number of amides is 1. The maximum Gasteiger partial charge on any atom is 0.248 e. The maximum atomic E-state index is 11.8. The van der Waals surface area contributed by atoms with Crippen LogP contribution in [0.5, 0.6) is 0 Å². The van der Waals surface area contributed by atoms with Crippen LogP contribution in [0, 0.1) is 0 Å². The lowest BCUT2D eigenvalue weighted by atomic mass is 10.2. The molecule has 0 aromatic carbocycles. The molecule has 1 fully saturated rings. The van der Waals surface area contributed by atoms with Crippen molar-refractivity contribution in [1.29, 1.82) is 0 Å². The van der Waals surface area contributed by atoms with Crippen LogP contribution in [0.15, 0.2) is 0 Å². The summed E-state index contributed by atoms with van der Waals surface area (Å²) in [6.07, 6.45) is 0.966. The van der Waals surface area contributed by atoms with Gasteiger partial charge in [0.2, 0.25) is 5.91 Å². The molecule has 1 aliphatic heterocycles. The Balaban J connectivity index is 2.30. The van der Waals surface area contributed by atoms with Crippen LogP contribution >= 0.6 is 0 Å². The Morgan fingerprint density at radius 2 is 2.12 bits per heavy atom. The maximum absolute atomic E-state index is 11.8. The Morgan fingerprint density at radius 3 is 2.69 bits per heavy atom. The van der Waals surface area contributed by atoms with Gasteiger partial charge < -0.3 is 9.64 Å². The molecule has 1 unspecified atom stereocenters. The van der Waals surface area contributed by atoms with Crippen molar-refractivity contribution in [2.24, 2.45) is 0 Å². The summed E-state index contributed by atoms with van der Waals surface area (Å²) in [5.41, 5.74) is 0. The molecule has 0 aromatic heterocycles. The summed E-state index contributed by atoms with van der Waals surface area (Å²) in [6.45, 7) is 11.0. The number of likely N-dealkylation sites (N-methyl/N-ethyl adjacent to an activating group) is 1. The van der Waals surface area contributed by atoms with Crippen molar-refractivity contribution in [3.63, 3.8) is 0 Å². The lowest BCUT2D eigenvalue weighted by molar-refractivity contribution is -0.139. The third kappa shape index (κ3) is 3.76. The molecule has 1 atom stereocenters. The van der Waals surface area contributed by atoms with Gasteiger partial charge in [0.1, 0.15) is 6.61 Å². The molecule has 0 aromatic rings. The molecule has 0 aliphatic carbocycles. The molecular formula is C12H24N2O2. The molecular weight excluding hydrogens is 204 g/mol. The number of hydrogen-bond acceptors (Lipinski definition) is 3. The van der Waals surface area contributed by atoms with Gasteiger partial charge in [-0.2, -0.15) is 0 Å². The number of rotatable bonds is 5. The largest absolute Gasteiger partial charge is 0.372 e. The first kappa shape index (κ1) is 13.5. The Kier molecular flexibility index (Phi) is 5.77. The van der Waals surface area contributed by atoms with Crippen LogP contribution < -0.4 is 0 Å². The summed E-state index contributed by atoms with van der Waals surface area (Å²) in [5, 5.41) is 0. The van der Waals surface area contributed by atoms with Gasteiger partial charge in [0.05, 0.1) is 0 Å². The van der Waals surface area contributed by atoms with Gasteiger partial charge in [-0.05, 0) is 19.9 Å². The van der Waals surface area contributed by atoms with Crippen molar-refractivity contribution in [3.8, 4) is 0 Å². The SMILES string of the molecule is CCCOCC(=O)N1CCN(CC)C(C)C1. The number of hydrogen-bond donors (Lipinski definition) is 0. The monoisotopic (exact) mass is 228 g/mol. The van der Waals surface area contributed by atoms with Crippen LogP contribution in [0.4, 0.5) is 0 Å². The molecule has 0 spiro atoms. The first-order valence-electron chi connectivity index (χ1n) is 6.28. The standard InChI is InChI=1S/C12H24N2O2/c1-4-8-16-10-12(15)14-7-6-13(5-2)11(3)9-14/h11H,4-10H2,1-3H3. The predicted molar refractivity (Wildman–Crippen MR) is 64.4 cm³/mol. The van der Waals surface area contributed by atoms with Crippen LogP contribution in [0.1, 0.15) is 27.2 Å². The third-order valence-electron chi connectivity index (χ3n) is 3.10. The number of piperazine rings is 1. The zero-order valence-corrected chi connectivity index (χ0v) is 10.7. The molecule has 4 nitrogen and oxygen atoms in total. The van der Waals surface area contributed by atoms with Gasteiger partial charge in [0.25, 0.3) is 0 Å². The van der Waals surface area contributed by atoms with E-state index in [9.17, 15) is 4.79 Å². The summed E-state index contributed by atoms with van der Waals surface area (Å²) in [4.78, 5) is 16.1. The van der Waals surface area contributed by atoms with E-state index >= 15 is 0 Å². The lowest BCUT2D eigenvalue weighted by Crippen LogP contribution is -2.54. The van der Waals surface area contributed by atoms with Gasteiger partial charge in [-0.25, -0.2) is 0 Å². The Labute approximate surface area is 98.5 Å². The first-order chi connectivity index (χ1) is 7.69. The molecule has 0 N–H and O–H groups in total. The molecule has 0 bridgehead atoms. The van der Waals surface area contributed by atoms with Gasteiger partial charge in [-0.15, -0.1) is 0 Å². The van der Waals surface area contributed by atoms with Gasteiger partial charge >= 0.3 is 0 Å². The minimum Gasteiger partial charge on any atom is -0.372 e. The number of carbonyl (C=O) groups is 1. The average Bonchev–Trinajstić information content (AvgIpc) is 2.29. The van der Waals surface area contributed by atoms with Crippen molar-refractivity contribution >= 4 is 5.91 Å². The fourth-order valence-electron chi connectivity index (χ4n) is 2.09. The van der Waals surface area contributed by atoms with Gasteiger partial charge in [-0.3, -0.25) is 9.69 Å². The third-order valence-corrected chi connectivity index (χ3v) is 3.10. The minimum atomic E-state index is 0.135. The molecule has 1 rings (SSSR count). The van der Waals surface area contributed by atoms with Crippen molar-refractivity contribution in [1.82, 2.24) is 9.80 Å². The zero-order chi connectivity index (χ0) is 12.0. The molecule has 94 valence electrons. The summed E-state index contributed by atoms with van der Waals surface area (Å²) in [7, 11) is 0. The number of nitrogens with zero attached hydrogens (tertiary/aromatic N) is 2.